The molecule has 2 N–H and O–H groups in total. The maximum atomic E-state index is 5.67. The van der Waals surface area contributed by atoms with Gasteiger partial charge in [0.05, 0.1) is 0 Å². The van der Waals surface area contributed by atoms with Gasteiger partial charge in [0, 0.05) is 12.1 Å². The lowest BCUT2D eigenvalue weighted by Gasteiger charge is -2.30. The highest BCUT2D eigenvalue weighted by molar-refractivity contribution is 6.29. The minimum absolute atomic E-state index is 0.425. The molecule has 82 valence electrons. The zero-order valence-corrected chi connectivity index (χ0v) is 9.46. The summed E-state index contributed by atoms with van der Waals surface area (Å²) in [6.07, 6.45) is 2.36. The molecule has 0 amide bonds. The summed E-state index contributed by atoms with van der Waals surface area (Å²) in [5.74, 6) is 0.792. The van der Waals surface area contributed by atoms with Gasteiger partial charge in [-0.05, 0) is 38.4 Å². The number of hydrogen-bond donors (Lipinski definition) is 2. The molecular weight excluding hydrogens is 212 g/mol. The van der Waals surface area contributed by atoms with Gasteiger partial charge in [-0.25, -0.2) is 0 Å². The summed E-state index contributed by atoms with van der Waals surface area (Å²) in [5.41, 5.74) is 0. The highest BCUT2D eigenvalue weighted by Crippen LogP contribution is 2.14. The second-order valence-corrected chi connectivity index (χ2v) is 4.26. The Balaban J connectivity index is 1.98. The third-order valence-electron chi connectivity index (χ3n) is 2.73. The molecule has 2 atom stereocenters. The molecule has 0 bridgehead atoms. The first-order chi connectivity index (χ1) is 7.25. The van der Waals surface area contributed by atoms with Crippen LogP contribution in [0, 0.1) is 0 Å². The summed E-state index contributed by atoms with van der Waals surface area (Å²) in [6.45, 7) is 3.28. The Morgan fingerprint density at radius 2 is 2.33 bits per heavy atom. The van der Waals surface area contributed by atoms with Crippen molar-refractivity contribution in [2.75, 3.05) is 11.9 Å². The number of nitrogens with one attached hydrogen (secondary N) is 2. The molecule has 0 aromatic carbocycles. The monoisotopic (exact) mass is 226 g/mol. The average Bonchev–Trinajstić information content (AvgIpc) is 2.25. The molecule has 15 heavy (non-hydrogen) atoms. The Labute approximate surface area is 94.4 Å². The minimum Gasteiger partial charge on any atom is -0.364 e. The molecule has 5 heteroatoms. The van der Waals surface area contributed by atoms with Crippen LogP contribution in [0.5, 0.6) is 0 Å². The molecule has 1 fully saturated rings. The number of piperidine rings is 1. The van der Waals surface area contributed by atoms with Crippen LogP contribution in [0.2, 0.25) is 5.15 Å². The lowest BCUT2D eigenvalue weighted by Crippen LogP contribution is -2.46. The van der Waals surface area contributed by atoms with Crippen molar-refractivity contribution in [2.24, 2.45) is 0 Å². The highest BCUT2D eigenvalue weighted by Gasteiger charge is 2.20. The third kappa shape index (κ3) is 2.79. The normalized spacial score (nSPS) is 26.3. The summed E-state index contributed by atoms with van der Waals surface area (Å²) in [6, 6.07) is 4.50. The average molecular weight is 227 g/mol. The zero-order valence-electron chi connectivity index (χ0n) is 8.70. The number of nitrogens with zero attached hydrogens (tertiary/aromatic N) is 2. The van der Waals surface area contributed by atoms with E-state index >= 15 is 0 Å². The van der Waals surface area contributed by atoms with Gasteiger partial charge < -0.3 is 10.6 Å². The van der Waals surface area contributed by atoms with E-state index in [0.717, 1.165) is 12.4 Å². The second-order valence-electron chi connectivity index (χ2n) is 3.88. The summed E-state index contributed by atoms with van der Waals surface area (Å²) in [5, 5.41) is 15.0. The third-order valence-corrected chi connectivity index (χ3v) is 2.93. The lowest BCUT2D eigenvalue weighted by atomic mass is 10.00. The topological polar surface area (TPSA) is 49.8 Å². The van der Waals surface area contributed by atoms with Gasteiger partial charge in [0.1, 0.15) is 5.82 Å². The van der Waals surface area contributed by atoms with Gasteiger partial charge in [-0.3, -0.25) is 0 Å². The van der Waals surface area contributed by atoms with Crippen LogP contribution in [0.15, 0.2) is 12.1 Å². The first kappa shape index (κ1) is 10.6. The van der Waals surface area contributed by atoms with Crippen molar-refractivity contribution in [3.63, 3.8) is 0 Å². The summed E-state index contributed by atoms with van der Waals surface area (Å²) < 4.78 is 0. The number of rotatable bonds is 2. The predicted molar refractivity (Wildman–Crippen MR) is 61.2 cm³/mol. The lowest BCUT2D eigenvalue weighted by molar-refractivity contribution is 0.388. The zero-order chi connectivity index (χ0) is 10.7. The SMILES string of the molecule is CC1NCCCC1Nc1ccc(Cl)nn1. The van der Waals surface area contributed by atoms with Gasteiger partial charge in [-0.2, -0.15) is 0 Å². The molecule has 0 radical (unpaired) electrons. The fraction of sp³-hybridized carbons (Fsp3) is 0.600. The minimum atomic E-state index is 0.425. The van der Waals surface area contributed by atoms with E-state index in [-0.39, 0.29) is 0 Å². The van der Waals surface area contributed by atoms with E-state index in [9.17, 15) is 0 Å². The van der Waals surface area contributed by atoms with E-state index in [4.69, 9.17) is 11.6 Å². The first-order valence-corrected chi connectivity index (χ1v) is 5.62. The van der Waals surface area contributed by atoms with Crippen molar-refractivity contribution < 1.29 is 0 Å². The van der Waals surface area contributed by atoms with Crippen molar-refractivity contribution in [1.82, 2.24) is 15.5 Å². The van der Waals surface area contributed by atoms with Crippen molar-refractivity contribution >= 4 is 17.4 Å². The maximum absolute atomic E-state index is 5.67. The van der Waals surface area contributed by atoms with E-state index in [1.807, 2.05) is 6.07 Å². The van der Waals surface area contributed by atoms with Crippen LogP contribution >= 0.6 is 11.6 Å². The van der Waals surface area contributed by atoms with Crippen LogP contribution in [0.4, 0.5) is 5.82 Å². The van der Waals surface area contributed by atoms with E-state index in [1.165, 1.54) is 12.8 Å². The predicted octanol–water partition coefficient (Wildman–Crippen LogP) is 1.68. The Morgan fingerprint density at radius 3 is 3.00 bits per heavy atom. The van der Waals surface area contributed by atoms with Crippen LogP contribution in [0.3, 0.4) is 0 Å². The first-order valence-electron chi connectivity index (χ1n) is 5.25. The molecular formula is C10H15ClN4. The molecule has 1 aromatic heterocycles. The number of aromatic nitrogens is 2. The van der Waals surface area contributed by atoms with E-state index in [2.05, 4.69) is 27.8 Å². The molecule has 1 aliphatic heterocycles. The molecule has 0 saturated carbocycles. The van der Waals surface area contributed by atoms with Crippen molar-refractivity contribution in [1.29, 1.82) is 0 Å². The van der Waals surface area contributed by atoms with Crippen LogP contribution in [0.25, 0.3) is 0 Å². The van der Waals surface area contributed by atoms with Gasteiger partial charge in [-0.15, -0.1) is 10.2 Å². The Kier molecular flexibility index (Phi) is 3.38. The van der Waals surface area contributed by atoms with Gasteiger partial charge >= 0.3 is 0 Å². The number of anilines is 1. The molecule has 4 nitrogen and oxygen atoms in total. The standard InChI is InChI=1S/C10H15ClN4/c1-7-8(3-2-6-12-7)13-10-5-4-9(11)14-15-10/h4-5,7-8,12H,2-3,6H2,1H3,(H,13,15). The Morgan fingerprint density at radius 1 is 1.47 bits per heavy atom. The molecule has 1 saturated heterocycles. The molecule has 2 rings (SSSR count). The van der Waals surface area contributed by atoms with Crippen molar-refractivity contribution in [3.8, 4) is 0 Å². The fourth-order valence-corrected chi connectivity index (χ4v) is 1.92. The van der Waals surface area contributed by atoms with Crippen molar-refractivity contribution in [2.45, 2.75) is 31.8 Å². The Hall–Kier alpha value is -0.870. The molecule has 2 heterocycles. The van der Waals surface area contributed by atoms with Crippen LogP contribution in [-0.2, 0) is 0 Å². The second kappa shape index (κ2) is 4.77. The van der Waals surface area contributed by atoms with Crippen LogP contribution < -0.4 is 10.6 Å². The summed E-state index contributed by atoms with van der Waals surface area (Å²) in [7, 11) is 0. The summed E-state index contributed by atoms with van der Waals surface area (Å²) >= 11 is 5.67. The van der Waals surface area contributed by atoms with Gasteiger partial charge in [-0.1, -0.05) is 11.6 Å². The molecule has 2 unspecified atom stereocenters. The van der Waals surface area contributed by atoms with E-state index in [1.54, 1.807) is 6.07 Å². The fourth-order valence-electron chi connectivity index (χ4n) is 1.82. The van der Waals surface area contributed by atoms with Crippen LogP contribution in [0.1, 0.15) is 19.8 Å². The molecule has 0 spiro atoms. The van der Waals surface area contributed by atoms with Crippen molar-refractivity contribution in [3.05, 3.63) is 17.3 Å². The summed E-state index contributed by atoms with van der Waals surface area (Å²) in [4.78, 5) is 0. The quantitative estimate of drug-likeness (QED) is 0.806. The molecule has 1 aromatic rings. The van der Waals surface area contributed by atoms with E-state index < -0.39 is 0 Å². The van der Waals surface area contributed by atoms with E-state index in [0.29, 0.717) is 17.2 Å². The maximum Gasteiger partial charge on any atom is 0.151 e. The molecule has 1 aliphatic rings. The van der Waals surface area contributed by atoms with Gasteiger partial charge in [0.2, 0.25) is 0 Å². The smallest absolute Gasteiger partial charge is 0.151 e. The Bertz CT molecular complexity index is 314. The number of halogens is 1. The van der Waals surface area contributed by atoms with Gasteiger partial charge in [0.25, 0.3) is 0 Å². The van der Waals surface area contributed by atoms with Crippen LogP contribution in [-0.4, -0.2) is 28.8 Å². The molecule has 0 aliphatic carbocycles. The van der Waals surface area contributed by atoms with Gasteiger partial charge in [0.15, 0.2) is 5.15 Å². The highest BCUT2D eigenvalue weighted by atomic mass is 35.5. The number of hydrogen-bond acceptors (Lipinski definition) is 4. The largest absolute Gasteiger partial charge is 0.364 e.